The fourth-order valence-corrected chi connectivity index (χ4v) is 4.19. The van der Waals surface area contributed by atoms with Gasteiger partial charge in [0.25, 0.3) is 31.8 Å². The molecule has 0 aliphatic carbocycles. The number of nitrogens with one attached hydrogen (secondary N) is 1. The van der Waals surface area contributed by atoms with E-state index in [1.54, 1.807) is 0 Å². The van der Waals surface area contributed by atoms with Crippen LogP contribution in [0, 0.1) is 10.1 Å². The summed E-state index contributed by atoms with van der Waals surface area (Å²) in [4.78, 5) is 33.4. The standard InChI is InChI=1S/C19H14N2O12S2.2Na/c1-33-19(24)11-2-10(3-12(4-11)21(25)26)18(23)20-15-7-13(34(27,28)29)5-9-6-14(35(30,31)32)8-16(22)17(9)15;;/h2-8,22H,1H3,(H,20,23)(H,27,28,29)(H,30,31,32);;. The minimum atomic E-state index is -4.91. The number of ether oxygens (including phenoxy) is 1. The van der Waals surface area contributed by atoms with Crippen molar-refractivity contribution in [3.05, 3.63) is 63.7 Å². The molecule has 3 rings (SSSR count). The topological polar surface area (TPSA) is 228 Å². The normalized spacial score (nSPS) is 11.1. The molecular formula is C19H14N2Na2O12S2. The summed E-state index contributed by atoms with van der Waals surface area (Å²) < 4.78 is 69.6. The number of phenols is 1. The first-order chi connectivity index (χ1) is 16.1. The molecule has 0 spiro atoms. The van der Waals surface area contributed by atoms with Gasteiger partial charge in [0.2, 0.25) is 0 Å². The molecule has 18 heteroatoms. The van der Waals surface area contributed by atoms with E-state index >= 15 is 0 Å². The van der Waals surface area contributed by atoms with Gasteiger partial charge in [-0.3, -0.25) is 24.0 Å². The molecule has 0 unspecified atom stereocenters. The van der Waals surface area contributed by atoms with Gasteiger partial charge in [0.15, 0.2) is 0 Å². The van der Waals surface area contributed by atoms with E-state index in [0.29, 0.717) is 6.07 Å². The van der Waals surface area contributed by atoms with E-state index in [0.717, 1.165) is 43.5 Å². The number of anilines is 1. The van der Waals surface area contributed by atoms with Crippen LogP contribution in [0.1, 0.15) is 20.7 Å². The number of methoxy groups -OCH3 is 1. The number of nitrogens with zero attached hydrogens (tertiary/aromatic N) is 1. The van der Waals surface area contributed by atoms with Gasteiger partial charge in [-0.05, 0) is 29.7 Å². The molecule has 186 valence electrons. The van der Waals surface area contributed by atoms with E-state index in [4.69, 9.17) is 0 Å². The molecule has 0 aromatic heterocycles. The van der Waals surface area contributed by atoms with Gasteiger partial charge in [-0.2, -0.15) is 16.8 Å². The Labute approximate surface area is 253 Å². The fraction of sp³-hybridized carbons (Fsp3) is 0.0526. The van der Waals surface area contributed by atoms with Crippen molar-refractivity contribution < 1.29 is 50.3 Å². The molecule has 0 saturated carbocycles. The summed E-state index contributed by atoms with van der Waals surface area (Å²) >= 11 is 0. The summed E-state index contributed by atoms with van der Waals surface area (Å²) in [5, 5.41) is 23.1. The van der Waals surface area contributed by atoms with Gasteiger partial charge in [-0.25, -0.2) is 4.79 Å². The SMILES string of the molecule is COC(=O)c1cc(C(=O)Nc2cc(S(=O)(=O)O)cc3cc(S(=O)(=O)O)cc(O)c23)cc([N+](=O)[O-])c1.[Na].[Na]. The molecule has 0 aliphatic heterocycles. The van der Waals surface area contributed by atoms with Crippen LogP contribution in [0.25, 0.3) is 10.8 Å². The van der Waals surface area contributed by atoms with Crippen molar-refractivity contribution in [1.82, 2.24) is 0 Å². The van der Waals surface area contributed by atoms with Crippen LogP contribution < -0.4 is 5.32 Å². The summed E-state index contributed by atoms with van der Waals surface area (Å²) in [5.41, 5.74) is -1.87. The quantitative estimate of drug-likeness (QED) is 0.107. The van der Waals surface area contributed by atoms with Crippen LogP contribution in [0.15, 0.2) is 52.3 Å². The third kappa shape index (κ3) is 7.47. The van der Waals surface area contributed by atoms with Gasteiger partial charge < -0.3 is 15.2 Å². The van der Waals surface area contributed by atoms with Crippen LogP contribution in [0.5, 0.6) is 5.75 Å². The van der Waals surface area contributed by atoms with E-state index in [9.17, 15) is 50.8 Å². The third-order valence-corrected chi connectivity index (χ3v) is 6.29. The maximum atomic E-state index is 12.9. The Hall–Kier alpha value is -2.12. The second-order valence-corrected chi connectivity index (χ2v) is 9.78. The van der Waals surface area contributed by atoms with Crippen LogP contribution in [-0.2, 0) is 25.0 Å². The Kier molecular flexibility index (Phi) is 10.8. The Morgan fingerprint density at radius 2 is 1.41 bits per heavy atom. The maximum Gasteiger partial charge on any atom is 0.338 e. The van der Waals surface area contributed by atoms with Crippen molar-refractivity contribution in [3.63, 3.8) is 0 Å². The largest absolute Gasteiger partial charge is 0.507 e. The third-order valence-electron chi connectivity index (χ3n) is 4.63. The second kappa shape index (κ2) is 12.2. The van der Waals surface area contributed by atoms with Crippen LogP contribution in [0.3, 0.4) is 0 Å². The Bertz CT molecular complexity index is 1640. The average molecular weight is 572 g/mol. The number of phenolic OH excluding ortho intramolecular Hbond substituents is 1. The smallest absolute Gasteiger partial charge is 0.338 e. The number of non-ortho nitro benzene ring substituents is 1. The number of fused-ring (bicyclic) bond motifs is 1. The second-order valence-electron chi connectivity index (χ2n) is 6.93. The predicted octanol–water partition coefficient (Wildman–Crippen LogP) is 1.22. The van der Waals surface area contributed by atoms with Crippen molar-refractivity contribution in [2.75, 3.05) is 12.4 Å². The fourth-order valence-electron chi connectivity index (χ4n) is 3.11. The van der Waals surface area contributed by atoms with Crippen molar-refractivity contribution >= 4 is 113 Å². The van der Waals surface area contributed by atoms with Crippen molar-refractivity contribution in [3.8, 4) is 5.75 Å². The molecular weight excluding hydrogens is 558 g/mol. The molecule has 0 fully saturated rings. The van der Waals surface area contributed by atoms with Gasteiger partial charge in [0, 0.05) is 88.3 Å². The number of esters is 1. The number of carbonyl (C=O) groups is 2. The first kappa shape index (κ1) is 32.9. The van der Waals surface area contributed by atoms with Gasteiger partial charge in [-0.1, -0.05) is 0 Å². The minimum absolute atomic E-state index is 0. The molecule has 0 atom stereocenters. The van der Waals surface area contributed by atoms with Crippen LogP contribution in [0.2, 0.25) is 0 Å². The predicted molar refractivity (Wildman–Crippen MR) is 129 cm³/mol. The monoisotopic (exact) mass is 572 g/mol. The van der Waals surface area contributed by atoms with E-state index < -0.39 is 69.5 Å². The molecule has 3 aromatic rings. The number of benzene rings is 3. The number of hydrogen-bond donors (Lipinski definition) is 4. The van der Waals surface area contributed by atoms with E-state index in [1.807, 2.05) is 0 Å². The summed E-state index contributed by atoms with van der Waals surface area (Å²) in [6.45, 7) is 0. The number of hydrogen-bond acceptors (Lipinski definition) is 10. The van der Waals surface area contributed by atoms with E-state index in [-0.39, 0.29) is 75.5 Å². The minimum Gasteiger partial charge on any atom is -0.507 e. The zero-order valence-electron chi connectivity index (χ0n) is 19.3. The van der Waals surface area contributed by atoms with E-state index in [1.165, 1.54) is 0 Å². The number of rotatable bonds is 6. The number of amides is 1. The summed E-state index contributed by atoms with van der Waals surface area (Å²) in [6.07, 6.45) is 0. The van der Waals surface area contributed by atoms with Gasteiger partial charge >= 0.3 is 5.97 Å². The molecule has 0 saturated heterocycles. The summed E-state index contributed by atoms with van der Waals surface area (Å²) in [7, 11) is -8.74. The Morgan fingerprint density at radius 3 is 1.89 bits per heavy atom. The van der Waals surface area contributed by atoms with Crippen LogP contribution in [-0.4, -0.2) is 114 Å². The van der Waals surface area contributed by atoms with Crippen molar-refractivity contribution in [2.24, 2.45) is 0 Å². The summed E-state index contributed by atoms with van der Waals surface area (Å²) in [5.74, 6) is -2.90. The van der Waals surface area contributed by atoms with Gasteiger partial charge in [-0.15, -0.1) is 0 Å². The molecule has 0 bridgehead atoms. The number of carbonyl (C=O) groups excluding carboxylic acids is 2. The average Bonchev–Trinajstić information content (AvgIpc) is 2.76. The van der Waals surface area contributed by atoms with Crippen molar-refractivity contribution in [1.29, 1.82) is 0 Å². The Balaban J connectivity index is 0.00000342. The Morgan fingerprint density at radius 1 is 0.892 bits per heavy atom. The molecule has 14 nitrogen and oxygen atoms in total. The van der Waals surface area contributed by atoms with E-state index in [2.05, 4.69) is 10.1 Å². The molecule has 2 radical (unpaired) electrons. The molecule has 1 amide bonds. The van der Waals surface area contributed by atoms with Gasteiger partial charge in [0.05, 0.1) is 33.1 Å². The van der Waals surface area contributed by atoms with Gasteiger partial charge in [0.1, 0.15) is 5.75 Å². The molecule has 0 aliphatic rings. The first-order valence-corrected chi connectivity index (χ1v) is 11.9. The number of nitro benzene ring substituents is 1. The number of aromatic hydroxyl groups is 1. The van der Waals surface area contributed by atoms with Crippen LogP contribution in [0.4, 0.5) is 11.4 Å². The van der Waals surface area contributed by atoms with Crippen molar-refractivity contribution in [2.45, 2.75) is 9.79 Å². The molecule has 0 heterocycles. The molecule has 4 N–H and O–H groups in total. The molecule has 3 aromatic carbocycles. The molecule has 37 heavy (non-hydrogen) atoms. The number of nitro groups is 1. The summed E-state index contributed by atoms with van der Waals surface area (Å²) in [6, 6.07) is 5.55. The maximum absolute atomic E-state index is 12.9. The zero-order valence-corrected chi connectivity index (χ0v) is 25.0. The van der Waals surface area contributed by atoms with Crippen LogP contribution >= 0.6 is 0 Å². The first-order valence-electron chi connectivity index (χ1n) is 9.06. The zero-order chi connectivity index (χ0) is 26.3.